The van der Waals surface area contributed by atoms with Gasteiger partial charge in [0.15, 0.2) is 0 Å². The maximum Gasteiger partial charge on any atom is 0.257 e. The van der Waals surface area contributed by atoms with Crippen LogP contribution in [0.25, 0.3) is 0 Å². The topological polar surface area (TPSA) is 60.8 Å². The number of carbonyl (C=O) groups excluding carboxylic acids is 1. The number of benzene rings is 1. The second-order valence-electron chi connectivity index (χ2n) is 3.62. The molecule has 0 saturated heterocycles. The molecule has 0 spiro atoms. The molecule has 0 bridgehead atoms. The Morgan fingerprint density at radius 1 is 1.47 bits per heavy atom. The van der Waals surface area contributed by atoms with Crippen LogP contribution in [0, 0.1) is 5.82 Å². The van der Waals surface area contributed by atoms with Crippen LogP contribution in [0.2, 0.25) is 0 Å². The van der Waals surface area contributed by atoms with Crippen LogP contribution < -0.4 is 0 Å². The highest BCUT2D eigenvalue weighted by Gasteiger charge is 2.17. The molecule has 0 heterocycles. The van der Waals surface area contributed by atoms with E-state index < -0.39 is 5.82 Å². The molecule has 94 valence electrons. The number of phenolic OH excluding ortho intramolecular Hbond substituents is 1. The highest BCUT2D eigenvalue weighted by molar-refractivity contribution is 5.96. The van der Waals surface area contributed by atoms with E-state index in [-0.39, 0.29) is 23.8 Å². The third-order valence-electron chi connectivity index (χ3n) is 2.45. The number of aromatic hydroxyl groups is 1. The standard InChI is InChI=1S/C12H16FNO3/c1-2-14(6-3-7-15)12(17)10-5-4-9(13)8-11(10)16/h4-5,8,15-16H,2-3,6-7H2,1H3. The average molecular weight is 241 g/mol. The fourth-order valence-electron chi connectivity index (χ4n) is 1.52. The Hall–Kier alpha value is -1.62. The van der Waals surface area contributed by atoms with E-state index in [0.717, 1.165) is 12.1 Å². The Morgan fingerprint density at radius 2 is 2.18 bits per heavy atom. The lowest BCUT2D eigenvalue weighted by Crippen LogP contribution is -2.32. The molecule has 0 atom stereocenters. The molecule has 0 unspecified atom stereocenters. The molecule has 0 aromatic heterocycles. The van der Waals surface area contributed by atoms with Crippen LogP contribution >= 0.6 is 0 Å². The fourth-order valence-corrected chi connectivity index (χ4v) is 1.52. The van der Waals surface area contributed by atoms with Crippen molar-refractivity contribution in [1.82, 2.24) is 4.90 Å². The molecule has 1 rings (SSSR count). The summed E-state index contributed by atoms with van der Waals surface area (Å²) in [7, 11) is 0. The zero-order chi connectivity index (χ0) is 12.8. The van der Waals surface area contributed by atoms with Crippen LogP contribution in [-0.4, -0.2) is 40.7 Å². The van der Waals surface area contributed by atoms with Crippen molar-refractivity contribution in [2.45, 2.75) is 13.3 Å². The van der Waals surface area contributed by atoms with Gasteiger partial charge in [-0.25, -0.2) is 4.39 Å². The van der Waals surface area contributed by atoms with Gasteiger partial charge in [0, 0.05) is 25.8 Å². The third-order valence-corrected chi connectivity index (χ3v) is 2.45. The van der Waals surface area contributed by atoms with Crippen molar-refractivity contribution in [1.29, 1.82) is 0 Å². The highest BCUT2D eigenvalue weighted by atomic mass is 19.1. The molecule has 1 aromatic rings. The molecule has 2 N–H and O–H groups in total. The highest BCUT2D eigenvalue weighted by Crippen LogP contribution is 2.19. The number of rotatable bonds is 5. The first kappa shape index (κ1) is 13.4. The quantitative estimate of drug-likeness (QED) is 0.818. The summed E-state index contributed by atoms with van der Waals surface area (Å²) in [5, 5.41) is 18.2. The lowest BCUT2D eigenvalue weighted by Gasteiger charge is -2.20. The number of amides is 1. The van der Waals surface area contributed by atoms with Crippen molar-refractivity contribution in [2.75, 3.05) is 19.7 Å². The number of halogens is 1. The van der Waals surface area contributed by atoms with Crippen molar-refractivity contribution >= 4 is 5.91 Å². The van der Waals surface area contributed by atoms with E-state index in [1.807, 2.05) is 0 Å². The first-order valence-electron chi connectivity index (χ1n) is 5.48. The second kappa shape index (κ2) is 6.20. The molecule has 1 aromatic carbocycles. The smallest absolute Gasteiger partial charge is 0.257 e. The minimum atomic E-state index is -0.586. The number of aliphatic hydroxyl groups excluding tert-OH is 1. The summed E-state index contributed by atoms with van der Waals surface area (Å²) in [4.78, 5) is 13.5. The van der Waals surface area contributed by atoms with E-state index in [1.165, 1.54) is 11.0 Å². The molecule has 5 heteroatoms. The van der Waals surface area contributed by atoms with Crippen molar-refractivity contribution < 1.29 is 19.4 Å². The third kappa shape index (κ3) is 3.42. The van der Waals surface area contributed by atoms with Gasteiger partial charge in [0.25, 0.3) is 5.91 Å². The summed E-state index contributed by atoms with van der Waals surface area (Å²) in [6.45, 7) is 2.67. The van der Waals surface area contributed by atoms with Crippen LogP contribution in [0.4, 0.5) is 4.39 Å². The largest absolute Gasteiger partial charge is 0.507 e. The molecule has 0 aliphatic heterocycles. The van der Waals surface area contributed by atoms with Gasteiger partial charge in [-0.2, -0.15) is 0 Å². The minimum Gasteiger partial charge on any atom is -0.507 e. The van der Waals surface area contributed by atoms with E-state index in [2.05, 4.69) is 0 Å². The summed E-state index contributed by atoms with van der Waals surface area (Å²) >= 11 is 0. The van der Waals surface area contributed by atoms with Crippen LogP contribution in [0.15, 0.2) is 18.2 Å². The van der Waals surface area contributed by atoms with Gasteiger partial charge in [-0.1, -0.05) is 0 Å². The van der Waals surface area contributed by atoms with Crippen LogP contribution in [-0.2, 0) is 0 Å². The van der Waals surface area contributed by atoms with Crippen molar-refractivity contribution in [3.8, 4) is 5.75 Å². The van der Waals surface area contributed by atoms with Crippen LogP contribution in [0.3, 0.4) is 0 Å². The van der Waals surface area contributed by atoms with E-state index in [1.54, 1.807) is 6.92 Å². The normalized spacial score (nSPS) is 10.3. The number of carbonyl (C=O) groups is 1. The van der Waals surface area contributed by atoms with Gasteiger partial charge in [-0.05, 0) is 25.5 Å². The van der Waals surface area contributed by atoms with E-state index in [0.29, 0.717) is 19.5 Å². The van der Waals surface area contributed by atoms with Gasteiger partial charge in [0.2, 0.25) is 0 Å². The van der Waals surface area contributed by atoms with Gasteiger partial charge in [-0.15, -0.1) is 0 Å². The maximum atomic E-state index is 12.8. The average Bonchev–Trinajstić information content (AvgIpc) is 2.29. The summed E-state index contributed by atoms with van der Waals surface area (Å²) in [5.74, 6) is -1.31. The molecule has 0 saturated carbocycles. The molecular formula is C12H16FNO3. The van der Waals surface area contributed by atoms with E-state index in [9.17, 15) is 14.3 Å². The molecular weight excluding hydrogens is 225 g/mol. The summed E-state index contributed by atoms with van der Waals surface area (Å²) < 4.78 is 12.8. The predicted molar refractivity (Wildman–Crippen MR) is 61.3 cm³/mol. The molecule has 17 heavy (non-hydrogen) atoms. The maximum absolute atomic E-state index is 12.8. The van der Waals surface area contributed by atoms with Gasteiger partial charge >= 0.3 is 0 Å². The first-order valence-corrected chi connectivity index (χ1v) is 5.48. The molecule has 1 amide bonds. The summed E-state index contributed by atoms with van der Waals surface area (Å²) in [5.41, 5.74) is 0.0752. The van der Waals surface area contributed by atoms with Gasteiger partial charge in [-0.3, -0.25) is 4.79 Å². The van der Waals surface area contributed by atoms with Gasteiger partial charge in [0.05, 0.1) is 5.56 Å². The zero-order valence-electron chi connectivity index (χ0n) is 9.69. The monoisotopic (exact) mass is 241 g/mol. The van der Waals surface area contributed by atoms with Crippen molar-refractivity contribution in [3.05, 3.63) is 29.6 Å². The predicted octanol–water partition coefficient (Wildman–Crippen LogP) is 1.38. The van der Waals surface area contributed by atoms with E-state index >= 15 is 0 Å². The van der Waals surface area contributed by atoms with Crippen molar-refractivity contribution in [2.24, 2.45) is 0 Å². The molecule has 0 fully saturated rings. The van der Waals surface area contributed by atoms with Gasteiger partial charge in [0.1, 0.15) is 11.6 Å². The Kier molecular flexibility index (Phi) is 4.90. The van der Waals surface area contributed by atoms with Crippen LogP contribution in [0.1, 0.15) is 23.7 Å². The number of phenols is 1. The molecule has 4 nitrogen and oxygen atoms in total. The first-order chi connectivity index (χ1) is 8.10. The summed E-state index contributed by atoms with van der Waals surface area (Å²) in [6.07, 6.45) is 0.474. The Morgan fingerprint density at radius 3 is 2.71 bits per heavy atom. The Bertz CT molecular complexity index is 395. The lowest BCUT2D eigenvalue weighted by atomic mass is 10.1. The zero-order valence-corrected chi connectivity index (χ0v) is 9.69. The Balaban J connectivity index is 2.86. The number of nitrogens with zero attached hydrogens (tertiary/aromatic N) is 1. The van der Waals surface area contributed by atoms with Gasteiger partial charge < -0.3 is 15.1 Å². The minimum absolute atomic E-state index is 0.000814. The van der Waals surface area contributed by atoms with E-state index in [4.69, 9.17) is 5.11 Å². The van der Waals surface area contributed by atoms with Crippen LogP contribution in [0.5, 0.6) is 5.75 Å². The van der Waals surface area contributed by atoms with Crippen molar-refractivity contribution in [3.63, 3.8) is 0 Å². The Labute approximate surface area is 99.3 Å². The second-order valence-corrected chi connectivity index (χ2v) is 3.62. The SMILES string of the molecule is CCN(CCCO)C(=O)c1ccc(F)cc1O. The molecule has 0 aliphatic rings. The molecule has 0 radical (unpaired) electrons. The lowest BCUT2D eigenvalue weighted by molar-refractivity contribution is 0.0751. The fraction of sp³-hybridized carbons (Fsp3) is 0.417. The molecule has 0 aliphatic carbocycles. The summed E-state index contributed by atoms with van der Waals surface area (Å²) in [6, 6.07) is 3.30. The number of hydrogen-bond donors (Lipinski definition) is 2. The number of hydrogen-bond acceptors (Lipinski definition) is 3. The number of aliphatic hydroxyl groups is 1.